The van der Waals surface area contributed by atoms with Gasteiger partial charge in [0.1, 0.15) is 10.6 Å². The van der Waals surface area contributed by atoms with Gasteiger partial charge in [0.2, 0.25) is 10.0 Å². The second-order valence-corrected chi connectivity index (χ2v) is 7.34. The highest BCUT2D eigenvalue weighted by atomic mass is 32.2. The summed E-state index contributed by atoms with van der Waals surface area (Å²) in [4.78, 5) is 2.46. The second kappa shape index (κ2) is 7.41. The zero-order valence-corrected chi connectivity index (χ0v) is 14.3. The topological polar surface area (TPSA) is 70.7 Å². The van der Waals surface area contributed by atoms with Gasteiger partial charge in [-0.2, -0.15) is 0 Å². The van der Waals surface area contributed by atoms with Crippen LogP contribution < -0.4 is 14.8 Å². The predicted octanol–water partition coefficient (Wildman–Crippen LogP) is 0.496. The Morgan fingerprint density at radius 3 is 2.59 bits per heavy atom. The molecule has 1 heterocycles. The van der Waals surface area contributed by atoms with Crippen LogP contribution in [0, 0.1) is 13.8 Å². The Bertz CT molecular complexity index is 611. The van der Waals surface area contributed by atoms with E-state index in [0.717, 1.165) is 37.3 Å². The third kappa shape index (κ3) is 4.19. The molecule has 1 aliphatic heterocycles. The van der Waals surface area contributed by atoms with Gasteiger partial charge in [-0.15, -0.1) is 0 Å². The zero-order chi connectivity index (χ0) is 16.2. The van der Waals surface area contributed by atoms with Gasteiger partial charge in [-0.25, -0.2) is 13.1 Å². The van der Waals surface area contributed by atoms with Crippen LogP contribution in [0.3, 0.4) is 0 Å². The maximum atomic E-state index is 12.5. The Morgan fingerprint density at radius 1 is 1.27 bits per heavy atom. The van der Waals surface area contributed by atoms with Crippen molar-refractivity contribution in [1.82, 2.24) is 14.9 Å². The summed E-state index contributed by atoms with van der Waals surface area (Å²) in [6, 6.07) is 3.57. The molecular weight excluding hydrogens is 302 g/mol. The average molecular weight is 327 g/mol. The molecule has 1 aromatic rings. The summed E-state index contributed by atoms with van der Waals surface area (Å²) in [5.74, 6) is 0.417. The molecule has 0 unspecified atom stereocenters. The van der Waals surface area contributed by atoms with Gasteiger partial charge in [0, 0.05) is 39.3 Å². The summed E-state index contributed by atoms with van der Waals surface area (Å²) in [7, 11) is -2.07. The molecule has 2 rings (SSSR count). The van der Waals surface area contributed by atoms with E-state index in [-0.39, 0.29) is 4.90 Å². The normalized spacial score (nSPS) is 16.7. The molecule has 0 spiro atoms. The molecule has 124 valence electrons. The molecule has 0 amide bonds. The van der Waals surface area contributed by atoms with Crippen LogP contribution in [0.25, 0.3) is 0 Å². The van der Waals surface area contributed by atoms with Gasteiger partial charge >= 0.3 is 0 Å². The molecule has 1 aliphatic rings. The smallest absolute Gasteiger partial charge is 0.244 e. The summed E-state index contributed by atoms with van der Waals surface area (Å²) in [6.07, 6.45) is 0. The highest BCUT2D eigenvalue weighted by Crippen LogP contribution is 2.28. The molecule has 0 radical (unpaired) electrons. The van der Waals surface area contributed by atoms with Crippen molar-refractivity contribution in [1.29, 1.82) is 0 Å². The van der Waals surface area contributed by atoms with Crippen molar-refractivity contribution in [3.8, 4) is 5.75 Å². The standard InChI is InChI=1S/C15H25N3O3S/c1-12-10-13(2)15(21-3)14(11-12)22(19,20)17-6-9-18-7-4-16-5-8-18/h10-11,16-17H,4-9H2,1-3H3. The molecule has 6 nitrogen and oxygen atoms in total. The Balaban J connectivity index is 2.06. The molecule has 22 heavy (non-hydrogen) atoms. The van der Waals surface area contributed by atoms with Crippen LogP contribution in [0.4, 0.5) is 0 Å². The summed E-state index contributed by atoms with van der Waals surface area (Å²) in [5.41, 5.74) is 1.73. The second-order valence-electron chi connectivity index (χ2n) is 5.60. The van der Waals surface area contributed by atoms with Crippen molar-refractivity contribution in [2.24, 2.45) is 0 Å². The molecular formula is C15H25N3O3S. The van der Waals surface area contributed by atoms with E-state index in [1.807, 2.05) is 19.9 Å². The number of nitrogens with zero attached hydrogens (tertiary/aromatic N) is 1. The fourth-order valence-corrected chi connectivity index (χ4v) is 4.07. The van der Waals surface area contributed by atoms with Crippen molar-refractivity contribution in [2.45, 2.75) is 18.7 Å². The molecule has 0 saturated carbocycles. The van der Waals surface area contributed by atoms with Gasteiger partial charge in [0.25, 0.3) is 0 Å². The maximum Gasteiger partial charge on any atom is 0.244 e. The predicted molar refractivity (Wildman–Crippen MR) is 87.0 cm³/mol. The van der Waals surface area contributed by atoms with E-state index in [1.165, 1.54) is 7.11 Å². The number of hydrogen-bond donors (Lipinski definition) is 2. The largest absolute Gasteiger partial charge is 0.495 e. The molecule has 1 saturated heterocycles. The van der Waals surface area contributed by atoms with Crippen molar-refractivity contribution < 1.29 is 13.2 Å². The van der Waals surface area contributed by atoms with Crippen LogP contribution in [0.2, 0.25) is 0 Å². The molecule has 0 aliphatic carbocycles. The fourth-order valence-electron chi connectivity index (χ4n) is 2.73. The summed E-state index contributed by atoms with van der Waals surface area (Å²) >= 11 is 0. The molecule has 7 heteroatoms. The lowest BCUT2D eigenvalue weighted by Crippen LogP contribution is -2.46. The van der Waals surface area contributed by atoms with E-state index in [1.54, 1.807) is 6.07 Å². The number of piperazine rings is 1. The first-order valence-electron chi connectivity index (χ1n) is 7.52. The number of methoxy groups -OCH3 is 1. The van der Waals surface area contributed by atoms with Gasteiger partial charge in [0.05, 0.1) is 7.11 Å². The lowest BCUT2D eigenvalue weighted by atomic mass is 10.1. The van der Waals surface area contributed by atoms with E-state index in [2.05, 4.69) is 14.9 Å². The third-order valence-electron chi connectivity index (χ3n) is 3.81. The monoisotopic (exact) mass is 327 g/mol. The summed E-state index contributed by atoms with van der Waals surface area (Å²) in [5, 5.41) is 3.28. The number of nitrogens with one attached hydrogen (secondary N) is 2. The van der Waals surface area contributed by atoms with Crippen LogP contribution >= 0.6 is 0 Å². The first kappa shape index (κ1) is 17.2. The highest BCUT2D eigenvalue weighted by molar-refractivity contribution is 7.89. The van der Waals surface area contributed by atoms with Gasteiger partial charge in [-0.05, 0) is 31.0 Å². The van der Waals surface area contributed by atoms with Crippen LogP contribution in [0.1, 0.15) is 11.1 Å². The number of ether oxygens (including phenoxy) is 1. The van der Waals surface area contributed by atoms with E-state index in [9.17, 15) is 8.42 Å². The van der Waals surface area contributed by atoms with E-state index < -0.39 is 10.0 Å². The van der Waals surface area contributed by atoms with Gasteiger partial charge < -0.3 is 10.1 Å². The molecule has 0 bridgehead atoms. The number of sulfonamides is 1. The summed E-state index contributed by atoms with van der Waals surface area (Å²) < 4.78 is 33.0. The van der Waals surface area contributed by atoms with Crippen LogP contribution in [0.5, 0.6) is 5.75 Å². The Labute approximate surface area is 132 Å². The minimum atomic E-state index is -3.57. The molecule has 1 fully saturated rings. The van der Waals surface area contributed by atoms with Crippen molar-refractivity contribution in [3.63, 3.8) is 0 Å². The van der Waals surface area contributed by atoms with Crippen LogP contribution in [-0.4, -0.2) is 59.7 Å². The zero-order valence-electron chi connectivity index (χ0n) is 13.5. The SMILES string of the molecule is COc1c(C)cc(C)cc1S(=O)(=O)NCCN1CCNCC1. The summed E-state index contributed by atoms with van der Waals surface area (Å²) in [6.45, 7) is 8.67. The first-order valence-corrected chi connectivity index (χ1v) is 9.00. The quantitative estimate of drug-likeness (QED) is 0.796. The highest BCUT2D eigenvalue weighted by Gasteiger charge is 2.21. The van der Waals surface area contributed by atoms with Crippen LogP contribution in [0.15, 0.2) is 17.0 Å². The Kier molecular flexibility index (Phi) is 5.80. The fraction of sp³-hybridized carbons (Fsp3) is 0.600. The lowest BCUT2D eigenvalue weighted by molar-refractivity contribution is 0.245. The van der Waals surface area contributed by atoms with E-state index >= 15 is 0 Å². The third-order valence-corrected chi connectivity index (χ3v) is 5.27. The number of hydrogen-bond acceptors (Lipinski definition) is 5. The van der Waals surface area contributed by atoms with Crippen LogP contribution in [-0.2, 0) is 10.0 Å². The van der Waals surface area contributed by atoms with Gasteiger partial charge in [-0.3, -0.25) is 4.90 Å². The number of aryl methyl sites for hydroxylation is 2. The Morgan fingerprint density at radius 2 is 1.95 bits per heavy atom. The van der Waals surface area contributed by atoms with Gasteiger partial charge in [-0.1, -0.05) is 6.07 Å². The van der Waals surface area contributed by atoms with E-state index in [4.69, 9.17) is 4.74 Å². The molecule has 0 aromatic heterocycles. The number of rotatable bonds is 6. The van der Waals surface area contributed by atoms with Crippen molar-refractivity contribution in [3.05, 3.63) is 23.3 Å². The first-order chi connectivity index (χ1) is 10.4. The van der Waals surface area contributed by atoms with E-state index in [0.29, 0.717) is 18.8 Å². The number of benzene rings is 1. The Hall–Kier alpha value is -1.15. The molecule has 2 N–H and O–H groups in total. The minimum absolute atomic E-state index is 0.216. The molecule has 0 atom stereocenters. The van der Waals surface area contributed by atoms with Crippen molar-refractivity contribution in [2.75, 3.05) is 46.4 Å². The maximum absolute atomic E-state index is 12.5. The lowest BCUT2D eigenvalue weighted by Gasteiger charge is -2.27. The average Bonchev–Trinajstić information content (AvgIpc) is 2.47. The molecule has 1 aromatic carbocycles. The van der Waals surface area contributed by atoms with Gasteiger partial charge in [0.15, 0.2) is 0 Å². The minimum Gasteiger partial charge on any atom is -0.495 e. The van der Waals surface area contributed by atoms with Crippen molar-refractivity contribution >= 4 is 10.0 Å².